The standard InChI is InChI=1S/C18H23N5OS/c1-12-16(13(2)23(22-12)15-10-4-3-5-11-15)17(24)20-21-18(25)19-14-8-6-7-9-14/h3-5,10-11,14H,6-9H2,1-2H3,(H,20,24)(H2,19,21,25). The van der Waals surface area contributed by atoms with E-state index in [0.717, 1.165) is 24.2 Å². The summed E-state index contributed by atoms with van der Waals surface area (Å²) in [5, 5.41) is 8.17. The van der Waals surface area contributed by atoms with Crippen LogP contribution in [0.15, 0.2) is 30.3 Å². The van der Waals surface area contributed by atoms with Crippen molar-refractivity contribution in [2.24, 2.45) is 0 Å². The number of nitrogens with one attached hydrogen (secondary N) is 3. The smallest absolute Gasteiger partial charge is 0.273 e. The Morgan fingerprint density at radius 2 is 1.84 bits per heavy atom. The van der Waals surface area contributed by atoms with Crippen molar-refractivity contribution in [2.75, 3.05) is 0 Å². The number of hydrogen-bond donors (Lipinski definition) is 3. The van der Waals surface area contributed by atoms with Crippen LogP contribution in [0.1, 0.15) is 47.4 Å². The van der Waals surface area contributed by atoms with Crippen LogP contribution in [-0.4, -0.2) is 26.8 Å². The Morgan fingerprint density at radius 1 is 1.16 bits per heavy atom. The molecule has 1 amide bonds. The summed E-state index contributed by atoms with van der Waals surface area (Å²) in [4.78, 5) is 12.6. The number of thiocarbonyl (C=S) groups is 1. The van der Waals surface area contributed by atoms with E-state index in [-0.39, 0.29) is 5.91 Å². The predicted molar refractivity (Wildman–Crippen MR) is 102 cm³/mol. The third kappa shape index (κ3) is 3.99. The van der Waals surface area contributed by atoms with E-state index in [0.29, 0.717) is 22.4 Å². The topological polar surface area (TPSA) is 71.0 Å². The van der Waals surface area contributed by atoms with Gasteiger partial charge >= 0.3 is 0 Å². The molecule has 0 unspecified atom stereocenters. The third-order valence-corrected chi connectivity index (χ3v) is 4.72. The number of carbonyl (C=O) groups excluding carboxylic acids is 1. The van der Waals surface area contributed by atoms with Gasteiger partial charge in [-0.15, -0.1) is 0 Å². The number of hydrogen-bond acceptors (Lipinski definition) is 3. The molecule has 0 spiro atoms. The molecule has 7 heteroatoms. The second kappa shape index (κ2) is 7.65. The first-order valence-electron chi connectivity index (χ1n) is 8.54. The van der Waals surface area contributed by atoms with Gasteiger partial charge in [0.05, 0.1) is 22.6 Å². The summed E-state index contributed by atoms with van der Waals surface area (Å²) in [6.45, 7) is 3.72. The lowest BCUT2D eigenvalue weighted by Crippen LogP contribution is -2.49. The molecule has 1 fully saturated rings. The quantitative estimate of drug-likeness (QED) is 0.582. The highest BCUT2D eigenvalue weighted by Gasteiger charge is 2.20. The van der Waals surface area contributed by atoms with Gasteiger partial charge in [-0.3, -0.25) is 15.6 Å². The molecule has 0 radical (unpaired) electrons. The van der Waals surface area contributed by atoms with Gasteiger partial charge in [0.15, 0.2) is 5.11 Å². The Morgan fingerprint density at radius 3 is 2.52 bits per heavy atom. The Balaban J connectivity index is 1.66. The monoisotopic (exact) mass is 357 g/mol. The number of para-hydroxylation sites is 1. The number of hydrazine groups is 1. The van der Waals surface area contributed by atoms with Gasteiger partial charge in [0.1, 0.15) is 0 Å². The van der Waals surface area contributed by atoms with Gasteiger partial charge in [-0.25, -0.2) is 4.68 Å². The van der Waals surface area contributed by atoms with Crippen LogP contribution in [0.4, 0.5) is 0 Å². The fourth-order valence-corrected chi connectivity index (χ4v) is 3.48. The minimum atomic E-state index is -0.243. The molecule has 0 saturated heterocycles. The molecule has 0 atom stereocenters. The molecule has 1 aliphatic carbocycles. The summed E-state index contributed by atoms with van der Waals surface area (Å²) in [6.07, 6.45) is 4.70. The summed E-state index contributed by atoms with van der Waals surface area (Å²) in [5.41, 5.74) is 8.41. The summed E-state index contributed by atoms with van der Waals surface area (Å²) < 4.78 is 1.78. The van der Waals surface area contributed by atoms with Crippen LogP contribution in [0.5, 0.6) is 0 Å². The van der Waals surface area contributed by atoms with E-state index in [4.69, 9.17) is 12.2 Å². The Hall–Kier alpha value is -2.41. The molecule has 6 nitrogen and oxygen atoms in total. The molecule has 1 saturated carbocycles. The van der Waals surface area contributed by atoms with E-state index in [1.54, 1.807) is 4.68 Å². The maximum absolute atomic E-state index is 12.6. The second-order valence-electron chi connectivity index (χ2n) is 6.33. The van der Waals surface area contributed by atoms with Gasteiger partial charge < -0.3 is 5.32 Å². The molecule has 3 N–H and O–H groups in total. The highest BCUT2D eigenvalue weighted by atomic mass is 32.1. The molecule has 1 aromatic carbocycles. The largest absolute Gasteiger partial charge is 0.359 e. The number of rotatable bonds is 3. The van der Waals surface area contributed by atoms with Crippen LogP contribution in [0.2, 0.25) is 0 Å². The lowest BCUT2D eigenvalue weighted by Gasteiger charge is -2.16. The first kappa shape index (κ1) is 17.4. The van der Waals surface area contributed by atoms with Crippen molar-refractivity contribution in [1.82, 2.24) is 25.9 Å². The lowest BCUT2D eigenvalue weighted by molar-refractivity contribution is 0.0942. The van der Waals surface area contributed by atoms with Crippen molar-refractivity contribution >= 4 is 23.2 Å². The van der Waals surface area contributed by atoms with Crippen LogP contribution in [0, 0.1) is 13.8 Å². The van der Waals surface area contributed by atoms with Crippen molar-refractivity contribution in [3.05, 3.63) is 47.3 Å². The molecule has 3 rings (SSSR count). The summed E-state index contributed by atoms with van der Waals surface area (Å²) in [7, 11) is 0. The van der Waals surface area contributed by atoms with E-state index in [1.807, 2.05) is 44.2 Å². The SMILES string of the molecule is Cc1nn(-c2ccccc2)c(C)c1C(=O)NNC(=S)NC1CCCC1. The van der Waals surface area contributed by atoms with Crippen molar-refractivity contribution < 1.29 is 4.79 Å². The molecule has 25 heavy (non-hydrogen) atoms. The van der Waals surface area contributed by atoms with Crippen LogP contribution >= 0.6 is 12.2 Å². The number of carbonyl (C=O) groups is 1. The average molecular weight is 357 g/mol. The Labute approximate surface area is 153 Å². The highest BCUT2D eigenvalue weighted by Crippen LogP contribution is 2.18. The van der Waals surface area contributed by atoms with Gasteiger partial charge in [-0.2, -0.15) is 5.10 Å². The van der Waals surface area contributed by atoms with Gasteiger partial charge in [0.2, 0.25) is 0 Å². The molecule has 132 valence electrons. The van der Waals surface area contributed by atoms with Gasteiger partial charge in [0.25, 0.3) is 5.91 Å². The molecular weight excluding hydrogens is 334 g/mol. The Bertz CT molecular complexity index is 765. The van der Waals surface area contributed by atoms with Crippen molar-refractivity contribution in [3.63, 3.8) is 0 Å². The van der Waals surface area contributed by atoms with Crippen LogP contribution in [0.3, 0.4) is 0 Å². The molecule has 0 aliphatic heterocycles. The maximum atomic E-state index is 12.6. The van der Waals surface area contributed by atoms with Crippen molar-refractivity contribution in [1.29, 1.82) is 0 Å². The van der Waals surface area contributed by atoms with Crippen molar-refractivity contribution in [2.45, 2.75) is 45.6 Å². The third-order valence-electron chi connectivity index (χ3n) is 4.50. The zero-order valence-electron chi connectivity index (χ0n) is 14.5. The summed E-state index contributed by atoms with van der Waals surface area (Å²) >= 11 is 5.25. The van der Waals surface area contributed by atoms with Crippen LogP contribution < -0.4 is 16.2 Å². The highest BCUT2D eigenvalue weighted by molar-refractivity contribution is 7.80. The van der Waals surface area contributed by atoms with E-state index < -0.39 is 0 Å². The average Bonchev–Trinajstić information content (AvgIpc) is 3.21. The molecule has 0 bridgehead atoms. The second-order valence-corrected chi connectivity index (χ2v) is 6.74. The summed E-state index contributed by atoms with van der Waals surface area (Å²) in [6, 6.07) is 10.2. The van der Waals surface area contributed by atoms with E-state index in [9.17, 15) is 4.79 Å². The number of aryl methyl sites for hydroxylation is 1. The van der Waals surface area contributed by atoms with Gasteiger partial charge in [-0.1, -0.05) is 31.0 Å². The molecular formula is C18H23N5OS. The maximum Gasteiger partial charge on any atom is 0.273 e. The van der Waals surface area contributed by atoms with E-state index in [1.165, 1.54) is 12.8 Å². The number of amides is 1. The lowest BCUT2D eigenvalue weighted by atomic mass is 10.2. The Kier molecular flexibility index (Phi) is 5.33. The van der Waals surface area contributed by atoms with Crippen molar-refractivity contribution in [3.8, 4) is 5.69 Å². The van der Waals surface area contributed by atoms with E-state index >= 15 is 0 Å². The fraction of sp³-hybridized carbons (Fsp3) is 0.389. The molecule has 1 heterocycles. The molecule has 1 aliphatic rings. The zero-order chi connectivity index (χ0) is 17.8. The zero-order valence-corrected chi connectivity index (χ0v) is 15.3. The van der Waals surface area contributed by atoms with E-state index in [2.05, 4.69) is 21.3 Å². The minimum Gasteiger partial charge on any atom is -0.359 e. The van der Waals surface area contributed by atoms with Crippen LogP contribution in [0.25, 0.3) is 5.69 Å². The molecule has 2 aromatic rings. The molecule has 1 aromatic heterocycles. The normalized spacial score (nSPS) is 14.3. The fourth-order valence-electron chi connectivity index (χ4n) is 3.26. The van der Waals surface area contributed by atoms with Gasteiger partial charge in [-0.05, 0) is 51.0 Å². The number of nitrogens with zero attached hydrogens (tertiary/aromatic N) is 2. The first-order chi connectivity index (χ1) is 12.1. The first-order valence-corrected chi connectivity index (χ1v) is 8.95. The minimum absolute atomic E-state index is 0.243. The predicted octanol–water partition coefficient (Wildman–Crippen LogP) is 2.54. The number of benzene rings is 1. The van der Waals surface area contributed by atoms with Crippen LogP contribution in [-0.2, 0) is 0 Å². The summed E-state index contributed by atoms with van der Waals surface area (Å²) in [5.74, 6) is -0.243. The van der Waals surface area contributed by atoms with Gasteiger partial charge in [0, 0.05) is 6.04 Å². The number of aromatic nitrogens is 2.